The number of ether oxygens (including phenoxy) is 1. The Morgan fingerprint density at radius 3 is 2.50 bits per heavy atom. The van der Waals surface area contributed by atoms with Gasteiger partial charge in [0.05, 0.1) is 12.0 Å². The summed E-state index contributed by atoms with van der Waals surface area (Å²) in [5.74, 6) is 2.68. The standard InChI is InChI=1S/C21H31N6O3/c1-30-18-8-6-15(7-9-18)10-11-23-21-25-14-19(27(28)29)20(26-21)24-13-17-4-2-16(12-22)3-5-17/h6-9,14,16-17H,2-5,10-13,22H2,1H3,(H,28,29)(H2,23,24,25,26)/q+1. The van der Waals surface area contributed by atoms with Gasteiger partial charge < -0.3 is 21.1 Å². The quantitative estimate of drug-likeness (QED) is 0.436. The summed E-state index contributed by atoms with van der Waals surface area (Å²) < 4.78 is 5.17. The molecular formula is C21H31N6O3+. The van der Waals surface area contributed by atoms with E-state index in [1.165, 1.54) is 6.20 Å². The largest absolute Gasteiger partial charge is 0.497 e. The first kappa shape index (κ1) is 21.8. The van der Waals surface area contributed by atoms with Crippen LogP contribution in [0.1, 0.15) is 31.2 Å². The van der Waals surface area contributed by atoms with E-state index in [-0.39, 0.29) is 10.6 Å². The van der Waals surface area contributed by atoms with Crippen LogP contribution in [0.2, 0.25) is 0 Å². The van der Waals surface area contributed by atoms with Crippen molar-refractivity contribution in [2.45, 2.75) is 32.1 Å². The number of anilines is 2. The monoisotopic (exact) mass is 415 g/mol. The molecule has 1 aliphatic carbocycles. The number of aromatic nitrogens is 2. The zero-order valence-corrected chi connectivity index (χ0v) is 17.4. The highest BCUT2D eigenvalue weighted by atomic mass is 16.6. The van der Waals surface area contributed by atoms with Crippen molar-refractivity contribution >= 4 is 17.5 Å². The Morgan fingerprint density at radius 1 is 1.17 bits per heavy atom. The maximum absolute atomic E-state index is 11.5. The summed E-state index contributed by atoms with van der Waals surface area (Å²) in [6, 6.07) is 7.87. The Labute approximate surface area is 176 Å². The summed E-state index contributed by atoms with van der Waals surface area (Å²) in [5.41, 5.74) is 6.93. The van der Waals surface area contributed by atoms with Gasteiger partial charge in [0.2, 0.25) is 11.8 Å². The number of nitrogens with one attached hydrogen (secondary N) is 2. The SMILES string of the molecule is COc1ccc(CCNc2ncc([N+](=O)O)c(NCC3CCC(CN)CC3)n2)cc1. The fourth-order valence-corrected chi connectivity index (χ4v) is 3.75. The summed E-state index contributed by atoms with van der Waals surface area (Å²) in [6.07, 6.45) is 6.57. The molecule has 0 atom stereocenters. The topological polar surface area (TPSA) is 125 Å². The number of nitrogens with zero attached hydrogens (tertiary/aromatic N) is 3. The molecule has 0 bridgehead atoms. The van der Waals surface area contributed by atoms with Gasteiger partial charge in [-0.05, 0) is 68.2 Å². The molecule has 0 spiro atoms. The Bertz CT molecular complexity index is 822. The summed E-state index contributed by atoms with van der Waals surface area (Å²) in [5, 5.41) is 15.8. The Morgan fingerprint density at radius 2 is 1.87 bits per heavy atom. The second-order valence-electron chi connectivity index (χ2n) is 7.73. The third-order valence-corrected chi connectivity index (χ3v) is 5.69. The van der Waals surface area contributed by atoms with Crippen LogP contribution in [0.15, 0.2) is 30.5 Å². The van der Waals surface area contributed by atoms with Crippen LogP contribution in [0.25, 0.3) is 0 Å². The van der Waals surface area contributed by atoms with Gasteiger partial charge in [-0.25, -0.2) is 10.2 Å². The number of methoxy groups -OCH3 is 1. The highest BCUT2D eigenvalue weighted by Gasteiger charge is 2.24. The molecule has 1 aromatic heterocycles. The first-order valence-electron chi connectivity index (χ1n) is 10.4. The van der Waals surface area contributed by atoms with Crippen LogP contribution in [0, 0.1) is 16.7 Å². The average Bonchev–Trinajstić information content (AvgIpc) is 2.78. The second kappa shape index (κ2) is 10.7. The van der Waals surface area contributed by atoms with Gasteiger partial charge in [0.25, 0.3) is 4.92 Å². The van der Waals surface area contributed by atoms with E-state index >= 15 is 0 Å². The molecular weight excluding hydrogens is 384 g/mol. The van der Waals surface area contributed by atoms with Crippen LogP contribution < -0.4 is 21.1 Å². The smallest absolute Gasteiger partial charge is 0.376 e. The fourth-order valence-electron chi connectivity index (χ4n) is 3.75. The third kappa shape index (κ3) is 6.03. The van der Waals surface area contributed by atoms with Crippen molar-refractivity contribution in [1.29, 1.82) is 0 Å². The molecule has 0 unspecified atom stereocenters. The van der Waals surface area contributed by atoms with Crippen molar-refractivity contribution in [1.82, 2.24) is 9.97 Å². The number of rotatable bonds is 10. The van der Waals surface area contributed by atoms with Gasteiger partial charge in [-0.1, -0.05) is 12.1 Å². The van der Waals surface area contributed by atoms with E-state index in [9.17, 15) is 10.1 Å². The number of nitrogens with two attached hydrogens (primary N) is 1. The van der Waals surface area contributed by atoms with E-state index < -0.39 is 0 Å². The normalized spacial score (nSPS) is 18.6. The summed E-state index contributed by atoms with van der Waals surface area (Å²) in [6.45, 7) is 2.08. The molecule has 3 rings (SSSR count). The fraction of sp³-hybridized carbons (Fsp3) is 0.524. The van der Waals surface area contributed by atoms with E-state index in [0.717, 1.165) is 50.0 Å². The molecule has 1 saturated carbocycles. The molecule has 162 valence electrons. The molecule has 9 heteroatoms. The molecule has 0 amide bonds. The third-order valence-electron chi connectivity index (χ3n) is 5.69. The van der Waals surface area contributed by atoms with Crippen LogP contribution in [0.4, 0.5) is 17.5 Å². The lowest BCUT2D eigenvalue weighted by Gasteiger charge is -2.27. The predicted molar refractivity (Wildman–Crippen MR) is 115 cm³/mol. The molecule has 0 saturated heterocycles. The number of hydrogen-bond acceptors (Lipinski definition) is 7. The van der Waals surface area contributed by atoms with E-state index in [2.05, 4.69) is 20.6 Å². The molecule has 9 nitrogen and oxygen atoms in total. The van der Waals surface area contributed by atoms with Gasteiger partial charge in [0, 0.05) is 13.1 Å². The average molecular weight is 416 g/mol. The minimum absolute atomic E-state index is 0.00588. The van der Waals surface area contributed by atoms with Crippen molar-refractivity contribution in [3.8, 4) is 5.75 Å². The molecule has 0 radical (unpaired) electrons. The van der Waals surface area contributed by atoms with Crippen LogP contribution in [0.3, 0.4) is 0 Å². The van der Waals surface area contributed by atoms with Crippen molar-refractivity contribution in [3.05, 3.63) is 40.9 Å². The number of hydrogen-bond donors (Lipinski definition) is 4. The minimum atomic E-state index is -0.200. The van der Waals surface area contributed by atoms with Gasteiger partial charge in [-0.3, -0.25) is 0 Å². The second-order valence-corrected chi connectivity index (χ2v) is 7.73. The lowest BCUT2D eigenvalue weighted by Crippen LogP contribution is -2.25. The molecule has 1 aliphatic rings. The van der Waals surface area contributed by atoms with Gasteiger partial charge in [-0.15, -0.1) is 0 Å². The van der Waals surface area contributed by atoms with Gasteiger partial charge >= 0.3 is 5.69 Å². The Hall–Kier alpha value is -2.94. The Kier molecular flexibility index (Phi) is 7.78. The highest BCUT2D eigenvalue weighted by Crippen LogP contribution is 2.29. The van der Waals surface area contributed by atoms with Crippen LogP contribution in [-0.2, 0) is 6.42 Å². The molecule has 5 N–H and O–H groups in total. The van der Waals surface area contributed by atoms with E-state index in [0.29, 0.717) is 36.7 Å². The van der Waals surface area contributed by atoms with Crippen molar-refractivity contribution in [2.24, 2.45) is 17.6 Å². The summed E-state index contributed by atoms with van der Waals surface area (Å²) >= 11 is 0. The van der Waals surface area contributed by atoms with Gasteiger partial charge in [-0.2, -0.15) is 4.98 Å². The molecule has 30 heavy (non-hydrogen) atoms. The maximum Gasteiger partial charge on any atom is 0.376 e. The lowest BCUT2D eigenvalue weighted by molar-refractivity contribution is -0.729. The zero-order chi connectivity index (χ0) is 21.3. The van der Waals surface area contributed by atoms with E-state index in [4.69, 9.17) is 10.5 Å². The first-order chi connectivity index (χ1) is 14.6. The maximum atomic E-state index is 11.5. The molecule has 2 aromatic rings. The molecule has 1 heterocycles. The zero-order valence-electron chi connectivity index (χ0n) is 17.4. The van der Waals surface area contributed by atoms with Crippen LogP contribution >= 0.6 is 0 Å². The molecule has 1 fully saturated rings. The van der Waals surface area contributed by atoms with Gasteiger partial charge in [0.1, 0.15) is 11.9 Å². The minimum Gasteiger partial charge on any atom is -0.497 e. The highest BCUT2D eigenvalue weighted by molar-refractivity contribution is 5.56. The Balaban J connectivity index is 1.56. The summed E-state index contributed by atoms with van der Waals surface area (Å²) in [4.78, 5) is 19.8. The lowest BCUT2D eigenvalue weighted by atomic mass is 9.82. The van der Waals surface area contributed by atoms with Crippen LogP contribution in [0.5, 0.6) is 5.75 Å². The van der Waals surface area contributed by atoms with E-state index in [1.54, 1.807) is 7.11 Å². The van der Waals surface area contributed by atoms with Crippen molar-refractivity contribution < 1.29 is 14.9 Å². The van der Waals surface area contributed by atoms with Crippen molar-refractivity contribution in [2.75, 3.05) is 37.4 Å². The van der Waals surface area contributed by atoms with Gasteiger partial charge in [0.15, 0.2) is 0 Å². The molecule has 0 aliphatic heterocycles. The van der Waals surface area contributed by atoms with E-state index in [1.807, 2.05) is 24.3 Å². The number of benzene rings is 1. The predicted octanol–water partition coefficient (Wildman–Crippen LogP) is 3.12. The van der Waals surface area contributed by atoms with Crippen molar-refractivity contribution in [3.63, 3.8) is 0 Å². The molecule has 1 aromatic carbocycles. The first-order valence-corrected chi connectivity index (χ1v) is 10.4. The summed E-state index contributed by atoms with van der Waals surface area (Å²) in [7, 11) is 1.64. The van der Waals surface area contributed by atoms with Crippen LogP contribution in [-0.4, -0.2) is 46.8 Å².